The van der Waals surface area contributed by atoms with E-state index in [0.29, 0.717) is 12.5 Å². The second-order valence-corrected chi connectivity index (χ2v) is 6.78. The van der Waals surface area contributed by atoms with Gasteiger partial charge in [0.2, 0.25) is 11.5 Å². The molecule has 7 heteroatoms. The third kappa shape index (κ3) is 6.35. The van der Waals surface area contributed by atoms with Crippen molar-refractivity contribution in [1.29, 1.82) is 0 Å². The lowest BCUT2D eigenvalue weighted by atomic mass is 9.89. The second-order valence-electron chi connectivity index (χ2n) is 6.78. The Balaban J connectivity index is 0.000000878. The Morgan fingerprint density at radius 2 is 1.93 bits per heavy atom. The Labute approximate surface area is 164 Å². The van der Waals surface area contributed by atoms with E-state index in [0.717, 1.165) is 37.1 Å². The molecule has 28 heavy (non-hydrogen) atoms. The molecule has 0 radical (unpaired) electrons. The molecule has 0 spiro atoms. The molecule has 3 rings (SSSR count). The second kappa shape index (κ2) is 11.0. The van der Waals surface area contributed by atoms with Crippen LogP contribution in [0.25, 0.3) is 0 Å². The number of aromatic nitrogens is 1. The number of hydrogen-bond acceptors (Lipinski definition) is 4. The van der Waals surface area contributed by atoms with E-state index >= 15 is 0 Å². The van der Waals surface area contributed by atoms with Crippen molar-refractivity contribution in [2.75, 3.05) is 13.1 Å². The number of nitrogens with one attached hydrogen (secondary N) is 2. The Morgan fingerprint density at radius 1 is 1.29 bits per heavy atom. The van der Waals surface area contributed by atoms with E-state index in [1.807, 2.05) is 43.3 Å². The van der Waals surface area contributed by atoms with Gasteiger partial charge in [-0.25, -0.2) is 0 Å². The molecule has 7 nitrogen and oxygen atoms in total. The molecule has 1 aromatic carbocycles. The lowest BCUT2D eigenvalue weighted by Crippen LogP contribution is -2.47. The monoisotopic (exact) mass is 385 g/mol. The molecule has 0 bridgehead atoms. The summed E-state index contributed by atoms with van der Waals surface area (Å²) in [6.07, 6.45) is 3.66. The molecule has 0 saturated carbocycles. The van der Waals surface area contributed by atoms with Crippen LogP contribution in [0.5, 0.6) is 0 Å². The Morgan fingerprint density at radius 3 is 2.54 bits per heavy atom. The average molecular weight is 385 g/mol. The molecule has 0 aliphatic carbocycles. The van der Waals surface area contributed by atoms with Gasteiger partial charge >= 0.3 is 0 Å². The van der Waals surface area contributed by atoms with Crippen LogP contribution in [0.2, 0.25) is 0 Å². The molecule has 1 fully saturated rings. The summed E-state index contributed by atoms with van der Waals surface area (Å²) >= 11 is 0. The number of piperidine rings is 1. The van der Waals surface area contributed by atoms with Crippen LogP contribution >= 0.6 is 0 Å². The van der Waals surface area contributed by atoms with E-state index in [2.05, 4.69) is 15.2 Å². The summed E-state index contributed by atoms with van der Waals surface area (Å²) in [5.74, 6) is 0.469. The van der Waals surface area contributed by atoms with Gasteiger partial charge in [-0.1, -0.05) is 30.3 Å². The number of hydrogen-bond donors (Lipinski definition) is 3. The summed E-state index contributed by atoms with van der Waals surface area (Å²) in [6, 6.07) is 13.5. The fourth-order valence-electron chi connectivity index (χ4n) is 3.43. The third-order valence-corrected chi connectivity index (χ3v) is 5.04. The van der Waals surface area contributed by atoms with Gasteiger partial charge in [-0.2, -0.15) is 0 Å². The molecule has 1 aliphatic heterocycles. The molecule has 2 heterocycles. The first-order chi connectivity index (χ1) is 13.5. The molecule has 1 atom stereocenters. The van der Waals surface area contributed by atoms with Gasteiger partial charge in [-0.3, -0.25) is 19.3 Å². The standard InChI is InChI=1S/C20H25N3O2.CH2O2/c1-15(20(25)22-14-16-5-3-2-4-6-16)23-11-8-17(9-12-23)18-7-10-21-19(24)13-18;2-1-3/h2-7,10,13,15,17H,8-9,11-12,14H2,1H3,(H,21,24)(H,22,25);1H,(H,2,3). The normalized spacial score (nSPS) is 15.8. The molecule has 1 amide bonds. The van der Waals surface area contributed by atoms with Crippen molar-refractivity contribution in [2.24, 2.45) is 0 Å². The van der Waals surface area contributed by atoms with E-state index in [1.165, 1.54) is 0 Å². The van der Waals surface area contributed by atoms with Crippen molar-refractivity contribution in [1.82, 2.24) is 15.2 Å². The first-order valence-corrected chi connectivity index (χ1v) is 9.37. The summed E-state index contributed by atoms with van der Waals surface area (Å²) in [5, 5.41) is 9.91. The van der Waals surface area contributed by atoms with Crippen molar-refractivity contribution in [3.05, 3.63) is 70.1 Å². The maximum Gasteiger partial charge on any atom is 0.290 e. The quantitative estimate of drug-likeness (QED) is 0.683. The van der Waals surface area contributed by atoms with E-state index < -0.39 is 0 Å². The molecular weight excluding hydrogens is 358 g/mol. The summed E-state index contributed by atoms with van der Waals surface area (Å²) in [5.41, 5.74) is 2.16. The largest absolute Gasteiger partial charge is 0.483 e. The highest BCUT2D eigenvalue weighted by Gasteiger charge is 2.27. The number of likely N-dealkylation sites (tertiary alicyclic amines) is 1. The average Bonchev–Trinajstić information content (AvgIpc) is 2.73. The molecule has 1 saturated heterocycles. The van der Waals surface area contributed by atoms with Gasteiger partial charge < -0.3 is 15.4 Å². The zero-order valence-corrected chi connectivity index (χ0v) is 16.0. The SMILES string of the molecule is CC(C(=O)NCc1ccccc1)N1CCC(c2cc[nH]c(=O)c2)CC1.O=CO. The fraction of sp³-hybridized carbons (Fsp3) is 0.381. The minimum Gasteiger partial charge on any atom is -0.483 e. The van der Waals surface area contributed by atoms with Gasteiger partial charge in [0.15, 0.2) is 0 Å². The van der Waals surface area contributed by atoms with Crippen molar-refractivity contribution < 1.29 is 14.7 Å². The van der Waals surface area contributed by atoms with E-state index in [1.54, 1.807) is 12.3 Å². The highest BCUT2D eigenvalue weighted by Crippen LogP contribution is 2.27. The van der Waals surface area contributed by atoms with Crippen molar-refractivity contribution in [3.8, 4) is 0 Å². The molecule has 1 aromatic heterocycles. The Kier molecular flexibility index (Phi) is 8.42. The smallest absolute Gasteiger partial charge is 0.290 e. The van der Waals surface area contributed by atoms with Crippen LogP contribution < -0.4 is 10.9 Å². The van der Waals surface area contributed by atoms with Crippen LogP contribution in [0.15, 0.2) is 53.5 Å². The Hall–Kier alpha value is -2.93. The van der Waals surface area contributed by atoms with Gasteiger partial charge in [0, 0.05) is 18.8 Å². The molecular formula is C21H27N3O4. The number of amides is 1. The molecule has 1 aliphatic rings. The molecule has 3 N–H and O–H groups in total. The summed E-state index contributed by atoms with van der Waals surface area (Å²) < 4.78 is 0. The summed E-state index contributed by atoms with van der Waals surface area (Å²) in [7, 11) is 0. The number of carboxylic acid groups (broad SMARTS) is 1. The van der Waals surface area contributed by atoms with Gasteiger partial charge in [0.1, 0.15) is 0 Å². The predicted molar refractivity (Wildman–Crippen MR) is 107 cm³/mol. The van der Waals surface area contributed by atoms with Crippen molar-refractivity contribution >= 4 is 12.4 Å². The lowest BCUT2D eigenvalue weighted by Gasteiger charge is -2.35. The highest BCUT2D eigenvalue weighted by atomic mass is 16.3. The van der Waals surface area contributed by atoms with Crippen molar-refractivity contribution in [2.45, 2.75) is 38.3 Å². The lowest BCUT2D eigenvalue weighted by molar-refractivity contribution is -0.126. The van der Waals surface area contributed by atoms with Crippen molar-refractivity contribution in [3.63, 3.8) is 0 Å². The number of nitrogens with zero attached hydrogens (tertiary/aromatic N) is 1. The maximum absolute atomic E-state index is 12.4. The highest BCUT2D eigenvalue weighted by molar-refractivity contribution is 5.81. The summed E-state index contributed by atoms with van der Waals surface area (Å²) in [4.78, 5) is 37.1. The summed E-state index contributed by atoms with van der Waals surface area (Å²) in [6.45, 7) is 4.02. The minimum atomic E-state index is -0.250. The topological polar surface area (TPSA) is 103 Å². The van der Waals surface area contributed by atoms with Gasteiger partial charge in [0.25, 0.3) is 6.47 Å². The van der Waals surface area contributed by atoms with Gasteiger partial charge in [-0.05, 0) is 56.0 Å². The maximum atomic E-state index is 12.4. The molecule has 2 aromatic rings. The van der Waals surface area contributed by atoms with Crippen LogP contribution in [0.3, 0.4) is 0 Å². The third-order valence-electron chi connectivity index (χ3n) is 5.04. The fourth-order valence-corrected chi connectivity index (χ4v) is 3.43. The first kappa shape index (κ1) is 21.4. The van der Waals surface area contributed by atoms with Crippen LogP contribution in [0.4, 0.5) is 0 Å². The number of benzene rings is 1. The number of carbonyl (C=O) groups is 2. The number of aromatic amines is 1. The minimum absolute atomic E-state index is 0.0476. The number of rotatable bonds is 5. The van der Waals surface area contributed by atoms with Crippen LogP contribution in [-0.4, -0.2) is 46.5 Å². The molecule has 1 unspecified atom stereocenters. The van der Waals surface area contributed by atoms with Crippen LogP contribution in [0, 0.1) is 0 Å². The predicted octanol–water partition coefficient (Wildman–Crippen LogP) is 1.96. The van der Waals surface area contributed by atoms with Crippen LogP contribution in [-0.2, 0) is 16.1 Å². The number of H-pyrrole nitrogens is 1. The van der Waals surface area contributed by atoms with Gasteiger partial charge in [-0.15, -0.1) is 0 Å². The Bertz CT molecular complexity index is 799. The van der Waals surface area contributed by atoms with Gasteiger partial charge in [0.05, 0.1) is 6.04 Å². The number of carbonyl (C=O) groups excluding carboxylic acids is 1. The van der Waals surface area contributed by atoms with E-state index in [4.69, 9.17) is 9.90 Å². The van der Waals surface area contributed by atoms with E-state index in [9.17, 15) is 9.59 Å². The van der Waals surface area contributed by atoms with E-state index in [-0.39, 0.29) is 24.0 Å². The number of pyridine rings is 1. The zero-order valence-electron chi connectivity index (χ0n) is 16.0. The zero-order chi connectivity index (χ0) is 20.4. The molecule has 150 valence electrons. The first-order valence-electron chi connectivity index (χ1n) is 9.37. The van der Waals surface area contributed by atoms with Crippen LogP contribution in [0.1, 0.15) is 36.8 Å².